The molecular formula is C26H29N5O3. The van der Waals surface area contributed by atoms with Crippen LogP contribution in [0, 0.1) is 0 Å². The van der Waals surface area contributed by atoms with Crippen molar-refractivity contribution in [1.29, 1.82) is 0 Å². The summed E-state index contributed by atoms with van der Waals surface area (Å²) in [4.78, 5) is 31.0. The Morgan fingerprint density at radius 3 is 2.62 bits per heavy atom. The van der Waals surface area contributed by atoms with Crippen LogP contribution >= 0.6 is 0 Å². The van der Waals surface area contributed by atoms with Gasteiger partial charge in [-0.15, -0.1) is 0 Å². The maximum Gasteiger partial charge on any atom is 0.404 e. The van der Waals surface area contributed by atoms with Crippen LogP contribution in [0.4, 0.5) is 4.79 Å². The Kier molecular flexibility index (Phi) is 5.73. The minimum absolute atomic E-state index is 0.0888. The lowest BCUT2D eigenvalue weighted by Gasteiger charge is -2.32. The molecule has 3 heterocycles. The van der Waals surface area contributed by atoms with Gasteiger partial charge in [0.05, 0.1) is 16.7 Å². The second kappa shape index (κ2) is 8.85. The Morgan fingerprint density at radius 1 is 1.06 bits per heavy atom. The molecule has 8 nitrogen and oxygen atoms in total. The molecule has 0 spiro atoms. The van der Waals surface area contributed by atoms with Gasteiger partial charge in [-0.1, -0.05) is 18.2 Å². The molecule has 2 amide bonds. The number of carbonyl (C=O) groups excluding carboxylic acids is 1. The summed E-state index contributed by atoms with van der Waals surface area (Å²) in [6.45, 7) is 6.84. The lowest BCUT2D eigenvalue weighted by atomic mass is 10.0. The minimum atomic E-state index is -1.05. The molecule has 0 saturated carbocycles. The third-order valence-electron chi connectivity index (χ3n) is 6.70. The summed E-state index contributed by atoms with van der Waals surface area (Å²) in [6, 6.07) is 16.0. The van der Waals surface area contributed by atoms with Crippen molar-refractivity contribution in [3.05, 3.63) is 54.1 Å². The molecule has 34 heavy (non-hydrogen) atoms. The molecule has 2 aromatic carbocycles. The molecule has 2 aromatic heterocycles. The van der Waals surface area contributed by atoms with E-state index in [-0.39, 0.29) is 11.9 Å². The molecule has 1 fully saturated rings. The van der Waals surface area contributed by atoms with E-state index in [0.29, 0.717) is 18.7 Å². The average Bonchev–Trinajstić information content (AvgIpc) is 3.40. The van der Waals surface area contributed by atoms with Crippen molar-refractivity contribution < 1.29 is 14.7 Å². The third kappa shape index (κ3) is 3.79. The number of aryl methyl sites for hydroxylation is 2. The first-order chi connectivity index (χ1) is 16.5. The topological polar surface area (TPSA) is 92.4 Å². The molecule has 1 saturated heterocycles. The molecule has 0 unspecified atom stereocenters. The van der Waals surface area contributed by atoms with Gasteiger partial charge in [0.2, 0.25) is 0 Å². The van der Waals surface area contributed by atoms with Crippen LogP contribution in [0.15, 0.2) is 48.5 Å². The van der Waals surface area contributed by atoms with Crippen LogP contribution in [0.3, 0.4) is 0 Å². The summed E-state index contributed by atoms with van der Waals surface area (Å²) in [5.74, 6) is 0.804. The number of hydrogen-bond donors (Lipinski definition) is 2. The van der Waals surface area contributed by atoms with Crippen molar-refractivity contribution in [2.24, 2.45) is 0 Å². The SMILES string of the molecule is CCn1c(-c2nc3cc(C(=O)N4CCC[C@@H](NC(=O)O)C4)ccc3n2CC)cc2ccccc21. The fourth-order valence-electron chi connectivity index (χ4n) is 5.15. The van der Waals surface area contributed by atoms with E-state index in [4.69, 9.17) is 10.1 Å². The fraction of sp³-hybridized carbons (Fsp3) is 0.346. The zero-order valence-corrected chi connectivity index (χ0v) is 19.5. The van der Waals surface area contributed by atoms with Crippen molar-refractivity contribution in [3.63, 3.8) is 0 Å². The number of likely N-dealkylation sites (tertiary alicyclic amines) is 1. The molecular weight excluding hydrogens is 430 g/mol. The summed E-state index contributed by atoms with van der Waals surface area (Å²) < 4.78 is 4.47. The summed E-state index contributed by atoms with van der Waals surface area (Å²) >= 11 is 0. The van der Waals surface area contributed by atoms with Gasteiger partial charge >= 0.3 is 6.09 Å². The van der Waals surface area contributed by atoms with E-state index in [0.717, 1.165) is 48.5 Å². The number of carbonyl (C=O) groups is 2. The normalized spacial score (nSPS) is 16.3. The summed E-state index contributed by atoms with van der Waals surface area (Å²) in [6.07, 6.45) is 0.461. The van der Waals surface area contributed by atoms with Crippen LogP contribution in [-0.2, 0) is 13.1 Å². The van der Waals surface area contributed by atoms with E-state index in [1.807, 2.05) is 24.3 Å². The molecule has 1 aliphatic rings. The van der Waals surface area contributed by atoms with Gasteiger partial charge in [-0.25, -0.2) is 9.78 Å². The van der Waals surface area contributed by atoms with E-state index in [2.05, 4.69) is 52.6 Å². The van der Waals surface area contributed by atoms with Gasteiger partial charge in [-0.05, 0) is 57.0 Å². The maximum absolute atomic E-state index is 13.2. The predicted molar refractivity (Wildman–Crippen MR) is 132 cm³/mol. The first-order valence-electron chi connectivity index (χ1n) is 11.9. The zero-order chi connectivity index (χ0) is 23.8. The van der Waals surface area contributed by atoms with E-state index in [1.165, 1.54) is 10.9 Å². The number of nitrogens with zero attached hydrogens (tertiary/aromatic N) is 4. The number of aromatic nitrogens is 3. The van der Waals surface area contributed by atoms with Gasteiger partial charge < -0.3 is 24.5 Å². The molecule has 8 heteroatoms. The highest BCUT2D eigenvalue weighted by Crippen LogP contribution is 2.31. The van der Waals surface area contributed by atoms with E-state index in [9.17, 15) is 9.59 Å². The fourth-order valence-corrected chi connectivity index (χ4v) is 5.15. The van der Waals surface area contributed by atoms with Crippen LogP contribution in [0.5, 0.6) is 0 Å². The summed E-state index contributed by atoms with van der Waals surface area (Å²) in [5, 5.41) is 12.7. The Bertz CT molecular complexity index is 1390. The molecule has 0 radical (unpaired) electrons. The van der Waals surface area contributed by atoms with Gasteiger partial charge in [0.1, 0.15) is 0 Å². The molecule has 1 aliphatic heterocycles. The number of hydrogen-bond acceptors (Lipinski definition) is 3. The maximum atomic E-state index is 13.2. The van der Waals surface area contributed by atoms with Crippen molar-refractivity contribution >= 4 is 33.9 Å². The van der Waals surface area contributed by atoms with Crippen molar-refractivity contribution in [1.82, 2.24) is 24.3 Å². The van der Waals surface area contributed by atoms with Crippen LogP contribution in [-0.4, -0.2) is 55.3 Å². The van der Waals surface area contributed by atoms with E-state index in [1.54, 1.807) is 4.90 Å². The highest BCUT2D eigenvalue weighted by atomic mass is 16.4. The lowest BCUT2D eigenvalue weighted by molar-refractivity contribution is 0.0692. The van der Waals surface area contributed by atoms with Gasteiger partial charge in [0.25, 0.3) is 5.91 Å². The second-order valence-electron chi connectivity index (χ2n) is 8.76. The van der Waals surface area contributed by atoms with Crippen LogP contribution in [0.1, 0.15) is 37.0 Å². The van der Waals surface area contributed by atoms with Crippen molar-refractivity contribution in [3.8, 4) is 11.5 Å². The number of piperidine rings is 1. The molecule has 1 atom stereocenters. The first-order valence-corrected chi connectivity index (χ1v) is 11.9. The Hall–Kier alpha value is -3.81. The van der Waals surface area contributed by atoms with Gasteiger partial charge in [-0.2, -0.15) is 0 Å². The second-order valence-corrected chi connectivity index (χ2v) is 8.76. The molecule has 176 valence electrons. The third-order valence-corrected chi connectivity index (χ3v) is 6.70. The number of benzene rings is 2. The Labute approximate surface area is 197 Å². The largest absolute Gasteiger partial charge is 0.465 e. The average molecular weight is 460 g/mol. The number of fused-ring (bicyclic) bond motifs is 2. The van der Waals surface area contributed by atoms with Crippen LogP contribution in [0.25, 0.3) is 33.5 Å². The predicted octanol–water partition coefficient (Wildman–Crippen LogP) is 4.57. The van der Waals surface area contributed by atoms with E-state index >= 15 is 0 Å². The summed E-state index contributed by atoms with van der Waals surface area (Å²) in [7, 11) is 0. The number of nitrogens with one attached hydrogen (secondary N) is 1. The standard InChI is InChI=1S/C26H29N5O3/c1-3-30-21-10-6-5-8-17(21)15-23(30)24-28-20-14-18(11-12-22(20)31(24)4-2)25(32)29-13-7-9-19(16-29)27-26(33)34/h5-6,8,10-12,14-15,19,27H,3-4,7,9,13,16H2,1-2H3,(H,33,34)/t19-/m1/s1. The lowest BCUT2D eigenvalue weighted by Crippen LogP contribution is -2.49. The smallest absolute Gasteiger partial charge is 0.404 e. The van der Waals surface area contributed by atoms with Crippen LogP contribution in [0.2, 0.25) is 0 Å². The van der Waals surface area contributed by atoms with Gasteiger partial charge in [0.15, 0.2) is 5.82 Å². The minimum Gasteiger partial charge on any atom is -0.465 e. The van der Waals surface area contributed by atoms with Crippen molar-refractivity contribution in [2.45, 2.75) is 45.8 Å². The number of carboxylic acid groups (broad SMARTS) is 1. The highest BCUT2D eigenvalue weighted by molar-refractivity contribution is 5.98. The number of rotatable bonds is 5. The van der Waals surface area contributed by atoms with Crippen molar-refractivity contribution in [2.75, 3.05) is 13.1 Å². The Morgan fingerprint density at radius 2 is 1.85 bits per heavy atom. The van der Waals surface area contributed by atoms with E-state index < -0.39 is 6.09 Å². The molecule has 5 rings (SSSR count). The number of para-hydroxylation sites is 1. The quantitative estimate of drug-likeness (QED) is 0.457. The molecule has 0 aliphatic carbocycles. The summed E-state index contributed by atoms with van der Waals surface area (Å²) in [5.41, 5.74) is 4.60. The Balaban J connectivity index is 1.52. The van der Waals surface area contributed by atoms with Crippen LogP contribution < -0.4 is 5.32 Å². The zero-order valence-electron chi connectivity index (χ0n) is 19.5. The van der Waals surface area contributed by atoms with Gasteiger partial charge in [0, 0.05) is 48.7 Å². The molecule has 2 N–H and O–H groups in total. The number of amides is 2. The highest BCUT2D eigenvalue weighted by Gasteiger charge is 2.26. The first kappa shape index (κ1) is 22.0. The monoisotopic (exact) mass is 459 g/mol. The molecule has 4 aromatic rings. The molecule has 0 bridgehead atoms. The van der Waals surface area contributed by atoms with Gasteiger partial charge in [-0.3, -0.25) is 4.79 Å². The number of imidazole rings is 1.